The van der Waals surface area contributed by atoms with Crippen molar-refractivity contribution in [2.24, 2.45) is 0 Å². The van der Waals surface area contributed by atoms with Gasteiger partial charge in [-0.25, -0.2) is 4.79 Å². The van der Waals surface area contributed by atoms with Crippen LogP contribution >= 0.6 is 0 Å². The Morgan fingerprint density at radius 1 is 1.12 bits per heavy atom. The molecule has 4 rings (SSSR count). The molecule has 2 aromatic rings. The molecule has 2 heterocycles. The van der Waals surface area contributed by atoms with Crippen molar-refractivity contribution in [3.63, 3.8) is 0 Å². The van der Waals surface area contributed by atoms with Crippen molar-refractivity contribution in [2.45, 2.75) is 18.4 Å². The van der Waals surface area contributed by atoms with E-state index in [0.717, 1.165) is 48.4 Å². The standard InChI is InChI=1S/C21H21NO3/c1-24-20(23)16-7-8-19-17(13-16)18(15-5-3-2-4-6-15)14-21(25-19)9-11-22-12-10-21/h2-8,13-14,22H,9-12H2,1H3. The number of piperidine rings is 1. The molecule has 4 nitrogen and oxygen atoms in total. The van der Waals surface area contributed by atoms with Gasteiger partial charge >= 0.3 is 5.97 Å². The first-order chi connectivity index (χ1) is 12.2. The molecule has 1 fully saturated rings. The zero-order valence-electron chi connectivity index (χ0n) is 14.2. The van der Waals surface area contributed by atoms with Crippen LogP contribution in [-0.4, -0.2) is 31.8 Å². The number of carbonyl (C=O) groups is 1. The average Bonchev–Trinajstić information content (AvgIpc) is 2.68. The van der Waals surface area contributed by atoms with Crippen LogP contribution in [0.2, 0.25) is 0 Å². The summed E-state index contributed by atoms with van der Waals surface area (Å²) in [5.74, 6) is 0.494. The second-order valence-electron chi connectivity index (χ2n) is 6.54. The smallest absolute Gasteiger partial charge is 0.337 e. The minimum absolute atomic E-state index is 0.282. The van der Waals surface area contributed by atoms with Crippen LogP contribution in [-0.2, 0) is 4.74 Å². The molecule has 0 aromatic heterocycles. The third-order valence-electron chi connectivity index (χ3n) is 4.95. The molecule has 0 atom stereocenters. The summed E-state index contributed by atoms with van der Waals surface area (Å²) in [6, 6.07) is 15.8. The maximum atomic E-state index is 11.9. The van der Waals surface area contributed by atoms with Gasteiger partial charge in [0.2, 0.25) is 0 Å². The maximum Gasteiger partial charge on any atom is 0.337 e. The van der Waals surface area contributed by atoms with Crippen molar-refractivity contribution in [2.75, 3.05) is 20.2 Å². The van der Waals surface area contributed by atoms with Gasteiger partial charge in [-0.15, -0.1) is 0 Å². The fourth-order valence-corrected chi connectivity index (χ4v) is 3.62. The predicted octanol–water partition coefficient (Wildman–Crippen LogP) is 3.42. The van der Waals surface area contributed by atoms with Crippen molar-refractivity contribution in [3.05, 3.63) is 71.3 Å². The number of nitrogens with one attached hydrogen (secondary N) is 1. The molecular weight excluding hydrogens is 314 g/mol. The molecule has 2 aliphatic heterocycles. The van der Waals surface area contributed by atoms with Gasteiger partial charge in [0.05, 0.1) is 12.7 Å². The molecule has 0 saturated carbocycles. The van der Waals surface area contributed by atoms with Crippen molar-refractivity contribution in [3.8, 4) is 5.75 Å². The Hall–Kier alpha value is -2.59. The van der Waals surface area contributed by atoms with E-state index in [2.05, 4.69) is 23.5 Å². The van der Waals surface area contributed by atoms with Gasteiger partial charge in [0.25, 0.3) is 0 Å². The molecule has 0 unspecified atom stereocenters. The van der Waals surface area contributed by atoms with Crippen LogP contribution in [0.1, 0.15) is 34.3 Å². The number of fused-ring (bicyclic) bond motifs is 1. The summed E-state index contributed by atoms with van der Waals surface area (Å²) in [5.41, 5.74) is 3.45. The van der Waals surface area contributed by atoms with Crippen LogP contribution in [0.25, 0.3) is 5.57 Å². The summed E-state index contributed by atoms with van der Waals surface area (Å²) in [5, 5.41) is 3.40. The number of hydrogen-bond donors (Lipinski definition) is 1. The summed E-state index contributed by atoms with van der Waals surface area (Å²) >= 11 is 0. The van der Waals surface area contributed by atoms with E-state index in [1.54, 1.807) is 6.07 Å². The van der Waals surface area contributed by atoms with Crippen LogP contribution in [0.15, 0.2) is 54.6 Å². The number of rotatable bonds is 2. The quantitative estimate of drug-likeness (QED) is 0.855. The van der Waals surface area contributed by atoms with Gasteiger partial charge in [-0.1, -0.05) is 30.3 Å². The molecule has 2 aromatic carbocycles. The number of ether oxygens (including phenoxy) is 2. The Morgan fingerprint density at radius 3 is 2.60 bits per heavy atom. The molecule has 0 aliphatic carbocycles. The lowest BCUT2D eigenvalue weighted by atomic mass is 9.83. The van der Waals surface area contributed by atoms with E-state index in [1.807, 2.05) is 30.3 Å². The number of hydrogen-bond acceptors (Lipinski definition) is 4. The predicted molar refractivity (Wildman–Crippen MR) is 96.8 cm³/mol. The largest absolute Gasteiger partial charge is 0.482 e. The molecule has 0 amide bonds. The fraction of sp³-hybridized carbons (Fsp3) is 0.286. The lowest BCUT2D eigenvalue weighted by Crippen LogP contribution is -2.46. The number of benzene rings is 2. The summed E-state index contributed by atoms with van der Waals surface area (Å²) in [4.78, 5) is 11.9. The minimum Gasteiger partial charge on any atom is -0.482 e. The highest BCUT2D eigenvalue weighted by Crippen LogP contribution is 2.42. The Morgan fingerprint density at radius 2 is 1.88 bits per heavy atom. The monoisotopic (exact) mass is 335 g/mol. The van der Waals surface area contributed by atoms with Gasteiger partial charge in [0.1, 0.15) is 11.4 Å². The number of esters is 1. The van der Waals surface area contributed by atoms with Gasteiger partial charge < -0.3 is 14.8 Å². The van der Waals surface area contributed by atoms with Crippen molar-refractivity contribution >= 4 is 11.5 Å². The van der Waals surface area contributed by atoms with E-state index in [0.29, 0.717) is 5.56 Å². The zero-order chi connectivity index (χ0) is 17.3. The summed E-state index contributed by atoms with van der Waals surface area (Å²) in [6.07, 6.45) is 4.11. The second kappa shape index (κ2) is 6.37. The molecule has 1 N–H and O–H groups in total. The van der Waals surface area contributed by atoms with Crippen LogP contribution < -0.4 is 10.1 Å². The SMILES string of the molecule is COC(=O)c1ccc2c(c1)C(c1ccccc1)=CC1(CCNCC1)O2. The second-order valence-corrected chi connectivity index (χ2v) is 6.54. The zero-order valence-corrected chi connectivity index (χ0v) is 14.2. The van der Waals surface area contributed by atoms with Crippen molar-refractivity contribution < 1.29 is 14.3 Å². The van der Waals surface area contributed by atoms with E-state index < -0.39 is 0 Å². The van der Waals surface area contributed by atoms with Gasteiger partial charge in [-0.2, -0.15) is 0 Å². The number of methoxy groups -OCH3 is 1. The molecule has 1 spiro atoms. The first-order valence-electron chi connectivity index (χ1n) is 8.62. The molecular formula is C21H21NO3. The van der Waals surface area contributed by atoms with Gasteiger partial charge in [0.15, 0.2) is 0 Å². The van der Waals surface area contributed by atoms with Crippen LogP contribution in [0.4, 0.5) is 0 Å². The van der Waals surface area contributed by atoms with Gasteiger partial charge in [-0.05, 0) is 48.5 Å². The van der Waals surface area contributed by atoms with Gasteiger partial charge in [0, 0.05) is 18.4 Å². The maximum absolute atomic E-state index is 11.9. The molecule has 25 heavy (non-hydrogen) atoms. The topological polar surface area (TPSA) is 47.6 Å². The van der Waals surface area contributed by atoms with Crippen molar-refractivity contribution in [1.82, 2.24) is 5.32 Å². The van der Waals surface area contributed by atoms with Crippen molar-refractivity contribution in [1.29, 1.82) is 0 Å². The Kier molecular flexibility index (Phi) is 4.06. The average molecular weight is 335 g/mol. The van der Waals surface area contributed by atoms with Crippen LogP contribution in [0.5, 0.6) is 5.75 Å². The third kappa shape index (κ3) is 2.94. The summed E-state index contributed by atoms with van der Waals surface area (Å²) in [6.45, 7) is 1.88. The van der Waals surface area contributed by atoms with E-state index in [-0.39, 0.29) is 11.6 Å². The minimum atomic E-state index is -0.336. The van der Waals surface area contributed by atoms with Crippen LogP contribution in [0.3, 0.4) is 0 Å². The lowest BCUT2D eigenvalue weighted by Gasteiger charge is -2.40. The highest BCUT2D eigenvalue weighted by molar-refractivity contribution is 5.93. The third-order valence-corrected chi connectivity index (χ3v) is 4.95. The first kappa shape index (κ1) is 15.9. The first-order valence-corrected chi connectivity index (χ1v) is 8.62. The molecule has 128 valence electrons. The number of carbonyl (C=O) groups excluding carboxylic acids is 1. The highest BCUT2D eigenvalue weighted by Gasteiger charge is 2.37. The van der Waals surface area contributed by atoms with E-state index >= 15 is 0 Å². The fourth-order valence-electron chi connectivity index (χ4n) is 3.62. The van der Waals surface area contributed by atoms with E-state index in [4.69, 9.17) is 9.47 Å². The molecule has 2 aliphatic rings. The molecule has 1 saturated heterocycles. The molecule has 0 bridgehead atoms. The molecule has 0 radical (unpaired) electrons. The Labute approximate surface area is 147 Å². The normalized spacial score (nSPS) is 18.0. The van der Waals surface area contributed by atoms with E-state index in [9.17, 15) is 4.79 Å². The summed E-state index contributed by atoms with van der Waals surface area (Å²) in [7, 11) is 1.40. The molecule has 4 heteroatoms. The highest BCUT2D eigenvalue weighted by atomic mass is 16.5. The van der Waals surface area contributed by atoms with E-state index in [1.165, 1.54) is 7.11 Å². The Bertz CT molecular complexity index is 820. The van der Waals surface area contributed by atoms with Crippen LogP contribution in [0, 0.1) is 0 Å². The lowest BCUT2D eigenvalue weighted by molar-refractivity contribution is 0.0600. The van der Waals surface area contributed by atoms with Gasteiger partial charge in [-0.3, -0.25) is 0 Å². The Balaban J connectivity index is 1.86. The summed E-state index contributed by atoms with van der Waals surface area (Å²) < 4.78 is 11.3.